The Morgan fingerprint density at radius 1 is 1.52 bits per heavy atom. The topological polar surface area (TPSA) is 54.3 Å². The van der Waals surface area contributed by atoms with Gasteiger partial charge in [0.05, 0.1) is 4.47 Å². The van der Waals surface area contributed by atoms with Crippen LogP contribution in [0.4, 0.5) is 0 Å². The first-order valence-corrected chi connectivity index (χ1v) is 8.04. The molecule has 1 aliphatic rings. The first-order chi connectivity index (χ1) is 10.1. The molecule has 1 aromatic carbocycles. The highest BCUT2D eigenvalue weighted by molar-refractivity contribution is 9.10. The predicted molar refractivity (Wildman–Crippen MR) is 86.5 cm³/mol. The molecule has 2 heterocycles. The molecule has 0 radical (unpaired) electrons. The standard InChI is InChI=1S/C16H19BrN2O2/c1-16(6-3-7-18-9-16)10-19-15(20)13-8-11-4-2-5-12(17)14(11)21-13/h2,4-5,8,18H,3,6-7,9-10H2,1H3,(H,19,20). The normalized spacial score (nSPS) is 22.4. The SMILES string of the molecule is CC1(CNC(=O)c2cc3cccc(Br)c3o2)CCCNC1. The van der Waals surface area contributed by atoms with Crippen molar-refractivity contribution in [1.82, 2.24) is 10.6 Å². The van der Waals surface area contributed by atoms with E-state index in [1.165, 1.54) is 0 Å². The molecule has 2 N–H and O–H groups in total. The summed E-state index contributed by atoms with van der Waals surface area (Å²) in [6.45, 7) is 4.88. The Balaban J connectivity index is 1.70. The van der Waals surface area contributed by atoms with Crippen LogP contribution in [0.1, 0.15) is 30.3 Å². The number of fused-ring (bicyclic) bond motifs is 1. The van der Waals surface area contributed by atoms with E-state index >= 15 is 0 Å². The van der Waals surface area contributed by atoms with Crippen LogP contribution in [0.5, 0.6) is 0 Å². The quantitative estimate of drug-likeness (QED) is 0.892. The Bertz CT molecular complexity index is 659. The predicted octanol–water partition coefficient (Wildman–Crippen LogP) is 3.31. The molecule has 1 amide bonds. The van der Waals surface area contributed by atoms with Crippen LogP contribution < -0.4 is 10.6 Å². The van der Waals surface area contributed by atoms with Crippen molar-refractivity contribution in [2.75, 3.05) is 19.6 Å². The Labute approximate surface area is 132 Å². The molecule has 1 aromatic heterocycles. The number of rotatable bonds is 3. The maximum Gasteiger partial charge on any atom is 0.287 e. The largest absolute Gasteiger partial charge is 0.450 e. The van der Waals surface area contributed by atoms with Gasteiger partial charge in [-0.25, -0.2) is 0 Å². The molecule has 5 heteroatoms. The molecule has 112 valence electrons. The van der Waals surface area contributed by atoms with Gasteiger partial charge in [0.15, 0.2) is 5.76 Å². The molecular formula is C16H19BrN2O2. The van der Waals surface area contributed by atoms with Gasteiger partial charge in [0.25, 0.3) is 5.91 Å². The summed E-state index contributed by atoms with van der Waals surface area (Å²) < 4.78 is 6.52. The molecule has 1 saturated heterocycles. The van der Waals surface area contributed by atoms with E-state index in [2.05, 4.69) is 33.5 Å². The van der Waals surface area contributed by atoms with E-state index in [1.54, 1.807) is 6.07 Å². The van der Waals surface area contributed by atoms with E-state index in [9.17, 15) is 4.79 Å². The number of para-hydroxylation sites is 1. The fraction of sp³-hybridized carbons (Fsp3) is 0.438. The second kappa shape index (κ2) is 5.81. The third-order valence-electron chi connectivity index (χ3n) is 4.08. The lowest BCUT2D eigenvalue weighted by molar-refractivity contribution is 0.0899. The Kier molecular flexibility index (Phi) is 4.04. The van der Waals surface area contributed by atoms with Gasteiger partial charge in [0.2, 0.25) is 0 Å². The summed E-state index contributed by atoms with van der Waals surface area (Å²) >= 11 is 3.44. The first-order valence-electron chi connectivity index (χ1n) is 7.24. The third kappa shape index (κ3) is 3.14. The van der Waals surface area contributed by atoms with Gasteiger partial charge < -0.3 is 15.1 Å². The summed E-state index contributed by atoms with van der Waals surface area (Å²) in [7, 11) is 0. The zero-order valence-corrected chi connectivity index (χ0v) is 13.6. The van der Waals surface area contributed by atoms with Crippen molar-refractivity contribution in [1.29, 1.82) is 0 Å². The third-order valence-corrected chi connectivity index (χ3v) is 4.71. The molecule has 1 atom stereocenters. The molecule has 21 heavy (non-hydrogen) atoms. The lowest BCUT2D eigenvalue weighted by atomic mass is 9.83. The number of carbonyl (C=O) groups excluding carboxylic acids is 1. The van der Waals surface area contributed by atoms with Gasteiger partial charge in [-0.2, -0.15) is 0 Å². The number of halogens is 1. The number of furan rings is 1. The van der Waals surface area contributed by atoms with Gasteiger partial charge in [0.1, 0.15) is 5.58 Å². The zero-order chi connectivity index (χ0) is 14.9. The van der Waals surface area contributed by atoms with Gasteiger partial charge in [-0.1, -0.05) is 19.1 Å². The number of piperidine rings is 1. The van der Waals surface area contributed by atoms with Crippen LogP contribution in [-0.2, 0) is 0 Å². The number of hydrogen-bond acceptors (Lipinski definition) is 3. The van der Waals surface area contributed by atoms with E-state index < -0.39 is 0 Å². The fourth-order valence-corrected chi connectivity index (χ4v) is 3.25. The fourth-order valence-electron chi connectivity index (χ4n) is 2.79. The van der Waals surface area contributed by atoms with Gasteiger partial charge >= 0.3 is 0 Å². The van der Waals surface area contributed by atoms with Crippen LogP contribution in [-0.4, -0.2) is 25.5 Å². The minimum Gasteiger partial charge on any atom is -0.450 e. The summed E-state index contributed by atoms with van der Waals surface area (Å²) in [5.74, 6) is 0.217. The molecular weight excluding hydrogens is 332 g/mol. The average Bonchev–Trinajstić information content (AvgIpc) is 2.91. The maximum absolute atomic E-state index is 12.3. The second-order valence-corrected chi connectivity index (χ2v) is 6.90. The number of nitrogens with one attached hydrogen (secondary N) is 2. The summed E-state index contributed by atoms with van der Waals surface area (Å²) in [5, 5.41) is 7.32. The van der Waals surface area contributed by atoms with Crippen molar-refractivity contribution in [3.63, 3.8) is 0 Å². The maximum atomic E-state index is 12.3. The molecule has 1 fully saturated rings. The van der Waals surface area contributed by atoms with E-state index in [1.807, 2.05) is 18.2 Å². The molecule has 0 bridgehead atoms. The van der Waals surface area contributed by atoms with Gasteiger partial charge in [-0.05, 0) is 52.9 Å². The van der Waals surface area contributed by atoms with E-state index in [0.717, 1.165) is 35.8 Å². The Morgan fingerprint density at radius 2 is 2.38 bits per heavy atom. The van der Waals surface area contributed by atoms with Gasteiger partial charge in [0, 0.05) is 18.5 Å². The number of hydrogen-bond donors (Lipinski definition) is 2. The number of benzene rings is 1. The van der Waals surface area contributed by atoms with Gasteiger partial charge in [-0.3, -0.25) is 4.79 Å². The Hall–Kier alpha value is -1.33. The number of amides is 1. The van der Waals surface area contributed by atoms with E-state index in [-0.39, 0.29) is 11.3 Å². The van der Waals surface area contributed by atoms with Crippen molar-refractivity contribution in [2.24, 2.45) is 5.41 Å². The van der Waals surface area contributed by atoms with E-state index in [4.69, 9.17) is 4.42 Å². The van der Waals surface area contributed by atoms with Crippen LogP contribution in [0.25, 0.3) is 11.0 Å². The summed E-state index contributed by atoms with van der Waals surface area (Å²) in [4.78, 5) is 12.3. The monoisotopic (exact) mass is 350 g/mol. The molecule has 3 rings (SSSR count). The van der Waals surface area contributed by atoms with Crippen LogP contribution in [0.15, 0.2) is 33.2 Å². The molecule has 1 unspecified atom stereocenters. The minimum atomic E-state index is -0.148. The molecule has 0 spiro atoms. The minimum absolute atomic E-state index is 0.126. The van der Waals surface area contributed by atoms with Crippen LogP contribution >= 0.6 is 15.9 Å². The second-order valence-electron chi connectivity index (χ2n) is 6.04. The van der Waals surface area contributed by atoms with Gasteiger partial charge in [-0.15, -0.1) is 0 Å². The highest BCUT2D eigenvalue weighted by Crippen LogP contribution is 2.27. The smallest absolute Gasteiger partial charge is 0.287 e. The van der Waals surface area contributed by atoms with Crippen LogP contribution in [0.2, 0.25) is 0 Å². The summed E-state index contributed by atoms with van der Waals surface area (Å²) in [6.07, 6.45) is 2.29. The summed E-state index contributed by atoms with van der Waals surface area (Å²) in [5.41, 5.74) is 0.841. The van der Waals surface area contributed by atoms with Crippen molar-refractivity contribution >= 4 is 32.8 Å². The van der Waals surface area contributed by atoms with Crippen molar-refractivity contribution in [2.45, 2.75) is 19.8 Å². The molecule has 4 nitrogen and oxygen atoms in total. The zero-order valence-electron chi connectivity index (χ0n) is 12.0. The molecule has 2 aromatic rings. The highest BCUT2D eigenvalue weighted by atomic mass is 79.9. The molecule has 1 aliphatic heterocycles. The van der Waals surface area contributed by atoms with Crippen LogP contribution in [0.3, 0.4) is 0 Å². The van der Waals surface area contributed by atoms with Crippen molar-refractivity contribution in [3.8, 4) is 0 Å². The summed E-state index contributed by atoms with van der Waals surface area (Å²) in [6, 6.07) is 7.56. The van der Waals surface area contributed by atoms with Crippen LogP contribution in [0, 0.1) is 5.41 Å². The van der Waals surface area contributed by atoms with Crippen molar-refractivity contribution < 1.29 is 9.21 Å². The number of carbonyl (C=O) groups is 1. The lowest BCUT2D eigenvalue weighted by Crippen LogP contribution is -2.45. The van der Waals surface area contributed by atoms with Crippen molar-refractivity contribution in [3.05, 3.63) is 34.5 Å². The van der Waals surface area contributed by atoms with E-state index in [0.29, 0.717) is 17.9 Å². The molecule has 0 aliphatic carbocycles. The Morgan fingerprint density at radius 3 is 3.10 bits per heavy atom. The molecule has 0 saturated carbocycles. The first kappa shape index (κ1) is 14.6. The highest BCUT2D eigenvalue weighted by Gasteiger charge is 2.27. The average molecular weight is 351 g/mol. The lowest BCUT2D eigenvalue weighted by Gasteiger charge is -2.34.